The lowest BCUT2D eigenvalue weighted by Gasteiger charge is -2.22. The molecule has 2 N–H and O–H groups in total. The van der Waals surface area contributed by atoms with Gasteiger partial charge in [0.05, 0.1) is 0 Å². The molecular formula is C19H27N3O3. The second-order valence-electron chi connectivity index (χ2n) is 7.38. The van der Waals surface area contributed by atoms with E-state index in [1.54, 1.807) is 13.0 Å². The molecule has 1 atom stereocenters. The first-order valence-electron chi connectivity index (χ1n) is 8.64. The maximum absolute atomic E-state index is 12.6. The normalized spacial score (nSPS) is 20.2. The monoisotopic (exact) mass is 345 g/mol. The van der Waals surface area contributed by atoms with Gasteiger partial charge in [-0.2, -0.15) is 0 Å². The largest absolute Gasteiger partial charge is 0.325 e. The fraction of sp³-hybridized carbons (Fsp3) is 0.526. The molecule has 1 aromatic carbocycles. The molecule has 0 saturated carbocycles. The lowest BCUT2D eigenvalue weighted by Crippen LogP contribution is -2.44. The number of imide groups is 1. The van der Waals surface area contributed by atoms with Crippen molar-refractivity contribution in [2.75, 3.05) is 11.9 Å². The molecule has 25 heavy (non-hydrogen) atoms. The van der Waals surface area contributed by atoms with Gasteiger partial charge in [0.2, 0.25) is 5.91 Å². The molecule has 0 aliphatic carbocycles. The number of anilines is 1. The summed E-state index contributed by atoms with van der Waals surface area (Å²) in [4.78, 5) is 38.1. The zero-order chi connectivity index (χ0) is 18.8. The van der Waals surface area contributed by atoms with Gasteiger partial charge in [-0.3, -0.25) is 14.5 Å². The van der Waals surface area contributed by atoms with Gasteiger partial charge in [0, 0.05) is 5.69 Å². The molecule has 1 aliphatic heterocycles. The van der Waals surface area contributed by atoms with Gasteiger partial charge < -0.3 is 10.6 Å². The molecule has 6 heteroatoms. The van der Waals surface area contributed by atoms with E-state index < -0.39 is 11.6 Å². The van der Waals surface area contributed by atoms with Gasteiger partial charge in [0.1, 0.15) is 12.1 Å². The Morgan fingerprint density at radius 3 is 2.60 bits per heavy atom. The van der Waals surface area contributed by atoms with Gasteiger partial charge in [0.15, 0.2) is 0 Å². The average Bonchev–Trinajstić information content (AvgIpc) is 2.74. The molecule has 1 aliphatic rings. The second-order valence-corrected chi connectivity index (χ2v) is 7.38. The number of nitrogens with zero attached hydrogens (tertiary/aromatic N) is 1. The number of urea groups is 1. The third-order valence-corrected chi connectivity index (χ3v) is 4.75. The first-order valence-corrected chi connectivity index (χ1v) is 8.64. The summed E-state index contributed by atoms with van der Waals surface area (Å²) in [7, 11) is 0. The molecule has 0 aromatic heterocycles. The fourth-order valence-corrected chi connectivity index (χ4v) is 2.86. The molecule has 2 rings (SSSR count). The Balaban J connectivity index is 2.04. The minimum absolute atomic E-state index is 0.282. The molecule has 1 aromatic rings. The van der Waals surface area contributed by atoms with E-state index in [0.717, 1.165) is 22.4 Å². The average molecular weight is 345 g/mol. The molecule has 0 unspecified atom stereocenters. The zero-order valence-electron chi connectivity index (χ0n) is 15.6. The Hall–Kier alpha value is -2.37. The number of benzene rings is 1. The van der Waals surface area contributed by atoms with Crippen LogP contribution in [0, 0.1) is 19.8 Å². The summed E-state index contributed by atoms with van der Waals surface area (Å²) >= 11 is 0. The van der Waals surface area contributed by atoms with Gasteiger partial charge in [-0.05, 0) is 56.7 Å². The standard InChI is InChI=1S/C19H27N3O3/c1-12(2)9-10-19(5)17(24)22(18(25)21-19)11-16(23)20-15-8-6-7-13(3)14(15)4/h6-8,12H,9-11H2,1-5H3,(H,20,23)(H,21,25)/t19-/m1/s1. The van der Waals surface area contributed by atoms with E-state index in [4.69, 9.17) is 0 Å². The molecule has 1 saturated heterocycles. The van der Waals surface area contributed by atoms with Crippen LogP contribution in [0.25, 0.3) is 0 Å². The number of aryl methyl sites for hydroxylation is 1. The van der Waals surface area contributed by atoms with E-state index in [1.807, 2.05) is 26.0 Å². The Bertz CT molecular complexity index is 699. The SMILES string of the molecule is Cc1cccc(NC(=O)CN2C(=O)N[C@](C)(CCC(C)C)C2=O)c1C. The number of amides is 4. The van der Waals surface area contributed by atoms with Gasteiger partial charge >= 0.3 is 6.03 Å². The highest BCUT2D eigenvalue weighted by Gasteiger charge is 2.47. The zero-order valence-corrected chi connectivity index (χ0v) is 15.6. The van der Waals surface area contributed by atoms with E-state index in [-0.39, 0.29) is 18.4 Å². The molecule has 4 amide bonds. The van der Waals surface area contributed by atoms with Crippen LogP contribution >= 0.6 is 0 Å². The number of nitrogens with one attached hydrogen (secondary N) is 2. The topological polar surface area (TPSA) is 78.5 Å². The maximum Gasteiger partial charge on any atom is 0.325 e. The Morgan fingerprint density at radius 2 is 1.96 bits per heavy atom. The van der Waals surface area contributed by atoms with E-state index >= 15 is 0 Å². The van der Waals surface area contributed by atoms with Gasteiger partial charge in [-0.15, -0.1) is 0 Å². The quantitative estimate of drug-likeness (QED) is 0.778. The van der Waals surface area contributed by atoms with Crippen molar-refractivity contribution in [1.29, 1.82) is 0 Å². The molecule has 0 spiro atoms. The number of carbonyl (C=O) groups is 3. The summed E-state index contributed by atoms with van der Waals surface area (Å²) in [6, 6.07) is 5.11. The van der Waals surface area contributed by atoms with E-state index in [2.05, 4.69) is 24.5 Å². The van der Waals surface area contributed by atoms with Crippen LogP contribution < -0.4 is 10.6 Å². The highest BCUT2D eigenvalue weighted by Crippen LogP contribution is 2.25. The van der Waals surface area contributed by atoms with Crippen LogP contribution in [0.15, 0.2) is 18.2 Å². The number of rotatable bonds is 6. The van der Waals surface area contributed by atoms with Crippen LogP contribution in [-0.4, -0.2) is 34.8 Å². The summed E-state index contributed by atoms with van der Waals surface area (Å²) in [5.41, 5.74) is 1.80. The summed E-state index contributed by atoms with van der Waals surface area (Å²) < 4.78 is 0. The molecule has 1 heterocycles. The third-order valence-electron chi connectivity index (χ3n) is 4.75. The van der Waals surface area contributed by atoms with Crippen LogP contribution in [0.3, 0.4) is 0 Å². The lowest BCUT2D eigenvalue weighted by molar-refractivity contribution is -0.133. The minimum atomic E-state index is -0.930. The number of hydrogen-bond donors (Lipinski definition) is 2. The lowest BCUT2D eigenvalue weighted by atomic mass is 9.92. The van der Waals surface area contributed by atoms with Crippen molar-refractivity contribution in [2.45, 2.75) is 53.0 Å². The van der Waals surface area contributed by atoms with Gasteiger partial charge in [-0.25, -0.2) is 4.79 Å². The number of hydrogen-bond acceptors (Lipinski definition) is 3. The highest BCUT2D eigenvalue weighted by molar-refractivity contribution is 6.10. The predicted molar refractivity (Wildman–Crippen MR) is 97.3 cm³/mol. The van der Waals surface area contributed by atoms with Crippen LogP contribution in [0.5, 0.6) is 0 Å². The van der Waals surface area contributed by atoms with E-state index in [1.165, 1.54) is 0 Å². The summed E-state index contributed by atoms with van der Waals surface area (Å²) in [5.74, 6) is -0.289. The predicted octanol–water partition coefficient (Wildman–Crippen LogP) is 2.99. The molecule has 136 valence electrons. The van der Waals surface area contributed by atoms with Crippen molar-refractivity contribution in [2.24, 2.45) is 5.92 Å². The van der Waals surface area contributed by atoms with Crippen LogP contribution in [0.1, 0.15) is 44.7 Å². The smallest absolute Gasteiger partial charge is 0.324 e. The van der Waals surface area contributed by atoms with Gasteiger partial charge in [-0.1, -0.05) is 26.0 Å². The summed E-state index contributed by atoms with van der Waals surface area (Å²) in [5, 5.41) is 5.52. The highest BCUT2D eigenvalue weighted by atomic mass is 16.2. The van der Waals surface area contributed by atoms with Crippen LogP contribution in [-0.2, 0) is 9.59 Å². The fourth-order valence-electron chi connectivity index (χ4n) is 2.86. The van der Waals surface area contributed by atoms with Crippen molar-refractivity contribution in [1.82, 2.24) is 10.2 Å². The van der Waals surface area contributed by atoms with Crippen LogP contribution in [0.2, 0.25) is 0 Å². The van der Waals surface area contributed by atoms with Crippen molar-refractivity contribution in [3.05, 3.63) is 29.3 Å². The molecule has 1 fully saturated rings. The number of carbonyl (C=O) groups excluding carboxylic acids is 3. The Labute approximate surface area is 149 Å². The van der Waals surface area contributed by atoms with Crippen molar-refractivity contribution in [3.63, 3.8) is 0 Å². The van der Waals surface area contributed by atoms with Crippen LogP contribution in [0.4, 0.5) is 10.5 Å². The first-order chi connectivity index (χ1) is 11.6. The third kappa shape index (κ3) is 4.18. The Kier molecular flexibility index (Phi) is 5.50. The van der Waals surface area contributed by atoms with Crippen molar-refractivity contribution < 1.29 is 14.4 Å². The molecule has 0 bridgehead atoms. The summed E-state index contributed by atoms with van der Waals surface area (Å²) in [6.07, 6.45) is 1.38. The van der Waals surface area contributed by atoms with Gasteiger partial charge in [0.25, 0.3) is 5.91 Å². The van der Waals surface area contributed by atoms with E-state index in [0.29, 0.717) is 18.0 Å². The minimum Gasteiger partial charge on any atom is -0.324 e. The summed E-state index contributed by atoms with van der Waals surface area (Å²) in [6.45, 7) is 9.46. The first kappa shape index (κ1) is 19.0. The molecule has 6 nitrogen and oxygen atoms in total. The maximum atomic E-state index is 12.6. The second kappa shape index (κ2) is 7.25. The van der Waals surface area contributed by atoms with E-state index in [9.17, 15) is 14.4 Å². The molecular weight excluding hydrogens is 318 g/mol. The Morgan fingerprint density at radius 1 is 1.28 bits per heavy atom. The molecule has 0 radical (unpaired) electrons. The van der Waals surface area contributed by atoms with Crippen molar-refractivity contribution in [3.8, 4) is 0 Å². The van der Waals surface area contributed by atoms with Crippen molar-refractivity contribution >= 4 is 23.5 Å².